The fourth-order valence-corrected chi connectivity index (χ4v) is 3.64. The van der Waals surface area contributed by atoms with Crippen LogP contribution in [0.2, 0.25) is 0 Å². The van der Waals surface area contributed by atoms with Crippen molar-refractivity contribution >= 4 is 28.8 Å². The third kappa shape index (κ3) is 4.41. The van der Waals surface area contributed by atoms with E-state index in [4.69, 9.17) is 10.5 Å². The summed E-state index contributed by atoms with van der Waals surface area (Å²) in [6, 6.07) is 10.2. The molecule has 0 saturated carbocycles. The number of rotatable bonds is 6. The van der Waals surface area contributed by atoms with E-state index in [-0.39, 0.29) is 11.5 Å². The number of benzene rings is 2. The molecule has 0 aliphatic carbocycles. The molecule has 31 heavy (non-hydrogen) atoms. The fraction of sp³-hybridized carbons (Fsp3) is 0.273. The molecule has 9 heteroatoms. The summed E-state index contributed by atoms with van der Waals surface area (Å²) in [5.41, 5.74) is 11.5. The van der Waals surface area contributed by atoms with Gasteiger partial charge in [0.05, 0.1) is 12.8 Å². The Morgan fingerprint density at radius 2 is 2.00 bits per heavy atom. The van der Waals surface area contributed by atoms with E-state index >= 15 is 0 Å². The van der Waals surface area contributed by atoms with Gasteiger partial charge in [-0.05, 0) is 61.3 Å². The van der Waals surface area contributed by atoms with Crippen molar-refractivity contribution in [2.24, 2.45) is 5.73 Å². The van der Waals surface area contributed by atoms with E-state index < -0.39 is 5.91 Å². The fourth-order valence-electron chi connectivity index (χ4n) is 3.64. The Hall–Kier alpha value is -3.72. The number of hydrogen-bond donors (Lipinski definition) is 3. The van der Waals surface area contributed by atoms with Crippen LogP contribution in [0.25, 0.3) is 0 Å². The monoisotopic (exact) mass is 419 g/mol. The maximum Gasteiger partial charge on any atom is 0.273 e. The van der Waals surface area contributed by atoms with Gasteiger partial charge in [-0.15, -0.1) is 10.2 Å². The SMILES string of the molecule is COc1cc2c(cc1Nc1ccc(C)c(Nc3ncnnc3C(N)=O)c1)CN(C)CC2. The predicted molar refractivity (Wildman–Crippen MR) is 119 cm³/mol. The standard InChI is InChI=1S/C22H25N7O2/c1-13-4-5-16(10-17(13)27-22-20(21(23)30)28-25-12-24-22)26-18-8-15-11-29(2)7-6-14(15)9-19(18)31-3/h4-5,8-10,12,26H,6-7,11H2,1-3H3,(H2,23,30)(H,24,25,27). The lowest BCUT2D eigenvalue weighted by Gasteiger charge is -2.26. The van der Waals surface area contributed by atoms with Crippen LogP contribution in [0.3, 0.4) is 0 Å². The van der Waals surface area contributed by atoms with Crippen molar-refractivity contribution < 1.29 is 9.53 Å². The van der Waals surface area contributed by atoms with Crippen LogP contribution in [0, 0.1) is 6.92 Å². The largest absolute Gasteiger partial charge is 0.495 e. The quantitative estimate of drug-likeness (QED) is 0.558. The molecule has 4 rings (SSSR count). The van der Waals surface area contributed by atoms with E-state index in [1.165, 1.54) is 17.5 Å². The third-order valence-corrected chi connectivity index (χ3v) is 5.35. The first-order valence-corrected chi connectivity index (χ1v) is 9.95. The molecule has 0 fully saturated rings. The van der Waals surface area contributed by atoms with E-state index in [9.17, 15) is 4.79 Å². The van der Waals surface area contributed by atoms with Crippen LogP contribution in [0.4, 0.5) is 22.9 Å². The third-order valence-electron chi connectivity index (χ3n) is 5.35. The number of nitrogens with one attached hydrogen (secondary N) is 2. The number of primary amides is 1. The van der Waals surface area contributed by atoms with Gasteiger partial charge in [0.25, 0.3) is 5.91 Å². The summed E-state index contributed by atoms with van der Waals surface area (Å²) in [5.74, 6) is 0.366. The van der Waals surface area contributed by atoms with Gasteiger partial charge in [-0.25, -0.2) is 4.98 Å². The number of aryl methyl sites for hydroxylation is 1. The summed E-state index contributed by atoms with van der Waals surface area (Å²) < 4.78 is 5.63. The summed E-state index contributed by atoms with van der Waals surface area (Å²) in [6.07, 6.45) is 2.28. The topological polar surface area (TPSA) is 118 Å². The number of fused-ring (bicyclic) bond motifs is 1. The number of aromatic nitrogens is 3. The van der Waals surface area contributed by atoms with Gasteiger partial charge >= 0.3 is 0 Å². The molecular weight excluding hydrogens is 394 g/mol. The zero-order chi connectivity index (χ0) is 22.0. The van der Waals surface area contributed by atoms with Crippen LogP contribution >= 0.6 is 0 Å². The molecule has 1 amide bonds. The predicted octanol–water partition coefficient (Wildman–Crippen LogP) is 2.76. The van der Waals surface area contributed by atoms with Crippen molar-refractivity contribution in [2.45, 2.75) is 19.9 Å². The summed E-state index contributed by atoms with van der Waals surface area (Å²) >= 11 is 0. The average molecular weight is 419 g/mol. The Bertz CT molecular complexity index is 1130. The zero-order valence-corrected chi connectivity index (χ0v) is 17.8. The Morgan fingerprint density at radius 3 is 2.77 bits per heavy atom. The molecule has 0 unspecified atom stereocenters. The molecule has 4 N–H and O–H groups in total. The second kappa shape index (κ2) is 8.57. The number of ether oxygens (including phenoxy) is 1. The van der Waals surface area contributed by atoms with Gasteiger partial charge in [-0.3, -0.25) is 4.79 Å². The molecule has 0 atom stereocenters. The first kappa shape index (κ1) is 20.5. The van der Waals surface area contributed by atoms with Crippen molar-refractivity contribution in [3.63, 3.8) is 0 Å². The Kier molecular flexibility index (Phi) is 5.68. The van der Waals surface area contributed by atoms with E-state index in [0.717, 1.165) is 47.9 Å². The lowest BCUT2D eigenvalue weighted by molar-refractivity contribution is 0.0995. The molecule has 9 nitrogen and oxygen atoms in total. The van der Waals surface area contributed by atoms with Crippen molar-refractivity contribution in [1.29, 1.82) is 0 Å². The summed E-state index contributed by atoms with van der Waals surface area (Å²) in [5, 5.41) is 14.0. The number of nitrogens with zero attached hydrogens (tertiary/aromatic N) is 4. The highest BCUT2D eigenvalue weighted by Gasteiger charge is 2.17. The normalized spacial score (nSPS) is 13.4. The van der Waals surface area contributed by atoms with E-state index in [0.29, 0.717) is 0 Å². The number of anilines is 4. The van der Waals surface area contributed by atoms with Gasteiger partial charge < -0.3 is 26.0 Å². The molecular formula is C22H25N7O2. The zero-order valence-electron chi connectivity index (χ0n) is 17.8. The van der Waals surface area contributed by atoms with Gasteiger partial charge in [-0.1, -0.05) is 6.07 Å². The van der Waals surface area contributed by atoms with Gasteiger partial charge in [0.2, 0.25) is 0 Å². The van der Waals surface area contributed by atoms with E-state index in [1.807, 2.05) is 25.1 Å². The lowest BCUT2D eigenvalue weighted by atomic mass is 9.98. The van der Waals surface area contributed by atoms with Crippen LogP contribution < -0.4 is 21.1 Å². The number of carbonyl (C=O) groups excluding carboxylic acids is 1. The molecule has 1 aliphatic rings. The van der Waals surface area contributed by atoms with Crippen LogP contribution in [-0.2, 0) is 13.0 Å². The minimum Gasteiger partial charge on any atom is -0.495 e. The second-order valence-corrected chi connectivity index (χ2v) is 7.61. The van der Waals surface area contributed by atoms with Gasteiger partial charge in [0.1, 0.15) is 12.1 Å². The number of hydrogen-bond acceptors (Lipinski definition) is 8. The lowest BCUT2D eigenvalue weighted by Crippen LogP contribution is -2.26. The molecule has 1 aromatic heterocycles. The first-order valence-electron chi connectivity index (χ1n) is 9.95. The molecule has 2 aromatic carbocycles. The Labute approximate surface area is 180 Å². The number of nitrogens with two attached hydrogens (primary N) is 1. The number of carbonyl (C=O) groups is 1. The van der Waals surface area contributed by atoms with Crippen LogP contribution in [-0.4, -0.2) is 46.7 Å². The Balaban J connectivity index is 1.64. The second-order valence-electron chi connectivity index (χ2n) is 7.61. The molecule has 0 bridgehead atoms. The maximum absolute atomic E-state index is 11.6. The minimum atomic E-state index is -0.696. The summed E-state index contributed by atoms with van der Waals surface area (Å²) in [4.78, 5) is 18.0. The highest BCUT2D eigenvalue weighted by atomic mass is 16.5. The van der Waals surface area contributed by atoms with E-state index in [1.54, 1.807) is 7.11 Å². The average Bonchev–Trinajstić information content (AvgIpc) is 2.75. The minimum absolute atomic E-state index is 0.0132. The molecule has 3 aromatic rings. The number of likely N-dealkylation sites (N-methyl/N-ethyl adjacent to an activating group) is 1. The van der Waals surface area contributed by atoms with Crippen LogP contribution in [0.5, 0.6) is 5.75 Å². The van der Waals surface area contributed by atoms with Crippen molar-refractivity contribution in [2.75, 3.05) is 31.3 Å². The molecule has 0 saturated heterocycles. The Morgan fingerprint density at radius 1 is 1.16 bits per heavy atom. The smallest absolute Gasteiger partial charge is 0.273 e. The molecule has 0 spiro atoms. The molecule has 1 aliphatic heterocycles. The molecule has 0 radical (unpaired) electrons. The van der Waals surface area contributed by atoms with Crippen LogP contribution in [0.15, 0.2) is 36.7 Å². The molecule has 160 valence electrons. The van der Waals surface area contributed by atoms with Crippen molar-refractivity contribution in [3.05, 3.63) is 59.0 Å². The van der Waals surface area contributed by atoms with Crippen LogP contribution in [0.1, 0.15) is 27.2 Å². The van der Waals surface area contributed by atoms with Gasteiger partial charge in [0, 0.05) is 24.5 Å². The summed E-state index contributed by atoms with van der Waals surface area (Å²) in [7, 11) is 3.80. The maximum atomic E-state index is 11.6. The van der Waals surface area contributed by atoms with Gasteiger partial charge in [0.15, 0.2) is 11.5 Å². The molecule has 2 heterocycles. The van der Waals surface area contributed by atoms with Crippen molar-refractivity contribution in [3.8, 4) is 5.75 Å². The summed E-state index contributed by atoms with van der Waals surface area (Å²) in [6.45, 7) is 3.91. The number of amides is 1. The highest BCUT2D eigenvalue weighted by Crippen LogP contribution is 2.34. The van der Waals surface area contributed by atoms with Gasteiger partial charge in [-0.2, -0.15) is 0 Å². The van der Waals surface area contributed by atoms with Crippen molar-refractivity contribution in [1.82, 2.24) is 20.1 Å². The number of methoxy groups -OCH3 is 1. The highest BCUT2D eigenvalue weighted by molar-refractivity contribution is 5.96. The first-order chi connectivity index (χ1) is 14.9. The van der Waals surface area contributed by atoms with E-state index in [2.05, 4.69) is 49.9 Å².